The largest absolute Gasteiger partial charge is 0.416 e. The maximum absolute atomic E-state index is 13.4. The Morgan fingerprint density at radius 3 is 2.55 bits per heavy atom. The third-order valence-electron chi connectivity index (χ3n) is 5.14. The van der Waals surface area contributed by atoms with Crippen LogP contribution >= 0.6 is 13.5 Å². The summed E-state index contributed by atoms with van der Waals surface area (Å²) in [5.41, 5.74) is -0.483. The highest BCUT2D eigenvalue weighted by Crippen LogP contribution is 2.35. The molecule has 3 aromatic rings. The Labute approximate surface area is 192 Å². The summed E-state index contributed by atoms with van der Waals surface area (Å²) in [5, 5.41) is 6.60. The number of fused-ring (bicyclic) bond motifs is 1. The number of carbonyl (C=O) groups excluding carboxylic acids is 2. The van der Waals surface area contributed by atoms with Crippen molar-refractivity contribution in [3.63, 3.8) is 0 Å². The number of alkyl halides is 3. The highest BCUT2D eigenvalue weighted by Gasteiger charge is 2.37. The van der Waals surface area contributed by atoms with Crippen molar-refractivity contribution in [2.45, 2.75) is 26.1 Å². The Hall–Kier alpha value is -3.41. The van der Waals surface area contributed by atoms with Crippen molar-refractivity contribution in [2.24, 2.45) is 0 Å². The second kappa shape index (κ2) is 8.85. The van der Waals surface area contributed by atoms with Crippen LogP contribution in [0.5, 0.6) is 0 Å². The van der Waals surface area contributed by atoms with Gasteiger partial charge in [0, 0.05) is 18.3 Å². The zero-order valence-corrected chi connectivity index (χ0v) is 18.4. The monoisotopic (exact) mass is 481 g/mol. The van der Waals surface area contributed by atoms with Crippen molar-refractivity contribution < 1.29 is 27.2 Å². The number of aryl methyl sites for hydroxylation is 1. The maximum Gasteiger partial charge on any atom is 0.416 e. The molecule has 1 aliphatic rings. The lowest BCUT2D eigenvalue weighted by Gasteiger charge is -2.32. The molecule has 1 aromatic carbocycles. The first-order valence-corrected chi connectivity index (χ1v) is 9.55. The molecule has 4 rings (SSSR count). The van der Waals surface area contributed by atoms with E-state index in [0.717, 1.165) is 18.3 Å². The average molecular weight is 481 g/mol. The number of rotatable bonds is 3. The van der Waals surface area contributed by atoms with Gasteiger partial charge < -0.3 is 10.2 Å². The molecule has 2 aromatic heterocycles. The van der Waals surface area contributed by atoms with Crippen LogP contribution in [-0.2, 0) is 6.18 Å². The molecule has 7 nitrogen and oxygen atoms in total. The van der Waals surface area contributed by atoms with Gasteiger partial charge >= 0.3 is 6.18 Å². The molecule has 0 aliphatic carbocycles. The van der Waals surface area contributed by atoms with E-state index in [1.54, 1.807) is 6.92 Å². The molecule has 1 aliphatic heterocycles. The minimum Gasteiger partial charge on any atom is -0.320 e. The molecule has 33 heavy (non-hydrogen) atoms. The normalized spacial score (nSPS) is 15.6. The van der Waals surface area contributed by atoms with Crippen LogP contribution in [0.1, 0.15) is 44.9 Å². The third-order valence-corrected chi connectivity index (χ3v) is 5.14. The van der Waals surface area contributed by atoms with Crippen molar-refractivity contribution in [3.8, 4) is 0 Å². The van der Waals surface area contributed by atoms with Crippen LogP contribution in [-0.4, -0.2) is 33.1 Å². The molecule has 1 N–H and O–H groups in total. The molecule has 0 radical (unpaired) electrons. The molecule has 0 saturated heterocycles. The Morgan fingerprint density at radius 1 is 1.18 bits per heavy atom. The van der Waals surface area contributed by atoms with Crippen molar-refractivity contribution in [1.29, 1.82) is 0 Å². The van der Waals surface area contributed by atoms with Crippen LogP contribution in [0.3, 0.4) is 0 Å². The number of anilines is 2. The van der Waals surface area contributed by atoms with Crippen LogP contribution < -0.4 is 10.2 Å². The van der Waals surface area contributed by atoms with E-state index in [1.165, 1.54) is 41.0 Å². The number of amides is 2. The van der Waals surface area contributed by atoms with Gasteiger partial charge in [-0.25, -0.2) is 4.39 Å². The van der Waals surface area contributed by atoms with Crippen LogP contribution in [0, 0.1) is 12.7 Å². The molecule has 0 unspecified atom stereocenters. The fourth-order valence-corrected chi connectivity index (χ4v) is 3.66. The van der Waals surface area contributed by atoms with Gasteiger partial charge in [0.2, 0.25) is 0 Å². The highest BCUT2D eigenvalue weighted by atomic mass is 32.1. The summed E-state index contributed by atoms with van der Waals surface area (Å²) in [7, 11) is 0. The molecule has 3 heterocycles. The summed E-state index contributed by atoms with van der Waals surface area (Å²) >= 11 is 0. The van der Waals surface area contributed by atoms with E-state index in [9.17, 15) is 27.2 Å². The second-order valence-electron chi connectivity index (χ2n) is 7.46. The van der Waals surface area contributed by atoms with E-state index in [1.807, 2.05) is 0 Å². The van der Waals surface area contributed by atoms with Gasteiger partial charge in [0.15, 0.2) is 0 Å². The van der Waals surface area contributed by atoms with Gasteiger partial charge in [0.25, 0.3) is 11.8 Å². The number of hydrogen-bond acceptors (Lipinski definition) is 4. The lowest BCUT2D eigenvalue weighted by Crippen LogP contribution is -2.43. The molecular formula is C21H19F4N5O2S. The highest BCUT2D eigenvalue weighted by molar-refractivity contribution is 7.59. The number of nitrogens with one attached hydrogen (secondary N) is 1. The first kappa shape index (κ1) is 24.2. The first-order chi connectivity index (χ1) is 15.1. The van der Waals surface area contributed by atoms with Crippen molar-refractivity contribution in [2.75, 3.05) is 16.8 Å². The molecule has 0 spiro atoms. The smallest absolute Gasteiger partial charge is 0.320 e. The Morgan fingerprint density at radius 2 is 1.91 bits per heavy atom. The van der Waals surface area contributed by atoms with Gasteiger partial charge in [-0.2, -0.15) is 31.8 Å². The minimum absolute atomic E-state index is 0. The van der Waals surface area contributed by atoms with Gasteiger partial charge in [-0.05, 0) is 37.6 Å². The summed E-state index contributed by atoms with van der Waals surface area (Å²) in [4.78, 5) is 31.0. The standard InChI is InChI=1S/C21H17F4N5O2.H2S/c1-11-5-15(3-4-17(11)21(23,24)25)29-10-12(2)30-18(20(29)32)16(9-27-30)19(31)28-14-6-13(22)7-26-8-14;/h3-9,12H,10H2,1-2H3,(H,28,31);1H2/t12-;/m0./s1. The summed E-state index contributed by atoms with van der Waals surface area (Å²) in [6, 6.07) is 4.17. The van der Waals surface area contributed by atoms with Gasteiger partial charge in [-0.3, -0.25) is 19.3 Å². The lowest BCUT2D eigenvalue weighted by molar-refractivity contribution is -0.138. The zero-order chi connectivity index (χ0) is 23.2. The number of carbonyl (C=O) groups is 2. The predicted molar refractivity (Wildman–Crippen MR) is 117 cm³/mol. The number of pyridine rings is 1. The lowest BCUT2D eigenvalue weighted by atomic mass is 10.0. The van der Waals surface area contributed by atoms with E-state index >= 15 is 0 Å². The molecule has 0 saturated carbocycles. The van der Waals surface area contributed by atoms with E-state index < -0.39 is 29.4 Å². The van der Waals surface area contributed by atoms with Crippen LogP contribution in [0.25, 0.3) is 0 Å². The van der Waals surface area contributed by atoms with Crippen molar-refractivity contribution in [1.82, 2.24) is 14.8 Å². The summed E-state index contributed by atoms with van der Waals surface area (Å²) < 4.78 is 54.1. The SMILES string of the molecule is Cc1cc(N2C[C@H](C)n3ncc(C(=O)Nc4cncc(F)c4)c3C2=O)ccc1C(F)(F)F.S. The Kier molecular flexibility index (Phi) is 6.50. The summed E-state index contributed by atoms with van der Waals surface area (Å²) in [6.45, 7) is 3.25. The molecule has 0 fully saturated rings. The van der Waals surface area contributed by atoms with Crippen LogP contribution in [0.4, 0.5) is 28.9 Å². The quantitative estimate of drug-likeness (QED) is 0.565. The van der Waals surface area contributed by atoms with Gasteiger partial charge in [-0.1, -0.05) is 0 Å². The molecule has 2 amide bonds. The number of hydrogen-bond donors (Lipinski definition) is 1. The van der Waals surface area contributed by atoms with E-state index in [-0.39, 0.29) is 54.3 Å². The van der Waals surface area contributed by atoms with Crippen molar-refractivity contribution >= 4 is 36.7 Å². The molecule has 0 bridgehead atoms. The minimum atomic E-state index is -4.50. The maximum atomic E-state index is 13.4. The second-order valence-corrected chi connectivity index (χ2v) is 7.46. The zero-order valence-electron chi connectivity index (χ0n) is 17.4. The van der Waals surface area contributed by atoms with Crippen molar-refractivity contribution in [3.05, 3.63) is 71.1 Å². The number of benzene rings is 1. The first-order valence-electron chi connectivity index (χ1n) is 9.55. The third kappa shape index (κ3) is 4.56. The fourth-order valence-electron chi connectivity index (χ4n) is 3.66. The van der Waals surface area contributed by atoms with E-state index in [4.69, 9.17) is 0 Å². The Bertz CT molecular complexity index is 1230. The molecule has 174 valence electrons. The summed E-state index contributed by atoms with van der Waals surface area (Å²) in [5.74, 6) is -1.92. The summed E-state index contributed by atoms with van der Waals surface area (Å²) in [6.07, 6.45) is -1.05. The van der Waals surface area contributed by atoms with Gasteiger partial charge in [0.05, 0.1) is 41.4 Å². The predicted octanol–water partition coefficient (Wildman–Crippen LogP) is 4.33. The van der Waals surface area contributed by atoms with Gasteiger partial charge in [0.1, 0.15) is 11.5 Å². The molecule has 12 heteroatoms. The Balaban J connectivity index is 0.00000306. The van der Waals surface area contributed by atoms with E-state index in [0.29, 0.717) is 0 Å². The number of halogens is 4. The fraction of sp³-hybridized carbons (Fsp3) is 0.238. The molecule has 1 atom stereocenters. The number of nitrogens with zero attached hydrogens (tertiary/aromatic N) is 4. The van der Waals surface area contributed by atoms with E-state index in [2.05, 4.69) is 15.4 Å². The number of aromatic nitrogens is 3. The van der Waals surface area contributed by atoms with Gasteiger partial charge in [-0.15, -0.1) is 0 Å². The van der Waals surface area contributed by atoms with Crippen LogP contribution in [0.2, 0.25) is 0 Å². The average Bonchev–Trinajstić information content (AvgIpc) is 3.16. The topological polar surface area (TPSA) is 80.1 Å². The van der Waals surface area contributed by atoms with Crippen LogP contribution in [0.15, 0.2) is 42.9 Å². The molecular weight excluding hydrogens is 462 g/mol.